The van der Waals surface area contributed by atoms with E-state index in [4.69, 9.17) is 0 Å². The second-order valence-electron chi connectivity index (χ2n) is 5.43. The van der Waals surface area contributed by atoms with Crippen molar-refractivity contribution in [1.29, 1.82) is 0 Å². The summed E-state index contributed by atoms with van der Waals surface area (Å²) in [5.41, 5.74) is 1.51. The predicted octanol–water partition coefficient (Wildman–Crippen LogP) is 1.02. The van der Waals surface area contributed by atoms with Gasteiger partial charge < -0.3 is 0 Å². The van der Waals surface area contributed by atoms with Crippen LogP contribution in [0.2, 0.25) is 0 Å². The summed E-state index contributed by atoms with van der Waals surface area (Å²) in [6, 6.07) is 4.90. The van der Waals surface area contributed by atoms with Gasteiger partial charge in [-0.05, 0) is 31.2 Å². The molecule has 0 atom stereocenters. The summed E-state index contributed by atoms with van der Waals surface area (Å²) in [6.07, 6.45) is 0. The number of hydrogen-bond acceptors (Lipinski definition) is 6. The van der Waals surface area contributed by atoms with Crippen LogP contribution in [0.4, 0.5) is 4.39 Å². The second kappa shape index (κ2) is 6.34. The molecule has 1 aliphatic rings. The maximum absolute atomic E-state index is 12.9. The van der Waals surface area contributed by atoms with Gasteiger partial charge in [0.25, 0.3) is 0 Å². The largest absolute Gasteiger partial charge is 0.295 e. The van der Waals surface area contributed by atoms with Crippen LogP contribution < -0.4 is 0 Å². The molecule has 0 saturated carbocycles. The Bertz CT molecular complexity index is 768. The van der Waals surface area contributed by atoms with Crippen molar-refractivity contribution in [2.24, 2.45) is 0 Å². The zero-order chi connectivity index (χ0) is 16.4. The van der Waals surface area contributed by atoms with E-state index in [0.717, 1.165) is 23.5 Å². The molecule has 7 nitrogen and oxygen atoms in total. The highest BCUT2D eigenvalue weighted by Crippen LogP contribution is 2.18. The first-order valence-electron chi connectivity index (χ1n) is 7.23. The number of nitrogens with zero attached hydrogens (tertiary/aromatic N) is 4. The fourth-order valence-corrected chi connectivity index (χ4v) is 3.91. The maximum atomic E-state index is 12.9. The molecule has 1 aliphatic heterocycles. The molecule has 0 aliphatic carbocycles. The molecule has 1 aromatic heterocycles. The minimum absolute atomic E-state index is 0.115. The van der Waals surface area contributed by atoms with Gasteiger partial charge in [-0.15, -0.1) is 0 Å². The number of benzene rings is 1. The maximum Gasteiger partial charge on any atom is 0.243 e. The highest BCUT2D eigenvalue weighted by Gasteiger charge is 2.28. The van der Waals surface area contributed by atoms with Gasteiger partial charge in [0.1, 0.15) is 17.2 Å². The second-order valence-corrected chi connectivity index (χ2v) is 7.37. The molecular formula is C14H17FN4O3S. The average Bonchev–Trinajstić information content (AvgIpc) is 2.93. The fourth-order valence-electron chi connectivity index (χ4n) is 2.49. The number of aryl methyl sites for hydroxylation is 1. The van der Waals surface area contributed by atoms with Crippen LogP contribution in [0.1, 0.15) is 11.4 Å². The first-order chi connectivity index (χ1) is 11.0. The third-order valence-electron chi connectivity index (χ3n) is 3.90. The number of sulfonamides is 1. The lowest BCUT2D eigenvalue weighted by molar-refractivity contribution is 0.176. The molecule has 0 unspecified atom stereocenters. The first kappa shape index (κ1) is 16.0. The van der Waals surface area contributed by atoms with Gasteiger partial charge in [-0.1, -0.05) is 10.3 Å². The summed E-state index contributed by atoms with van der Waals surface area (Å²) < 4.78 is 44.1. The van der Waals surface area contributed by atoms with Crippen LogP contribution >= 0.6 is 0 Å². The Morgan fingerprint density at radius 3 is 2.35 bits per heavy atom. The molecule has 0 radical (unpaired) electrons. The number of hydrogen-bond donors (Lipinski definition) is 0. The number of piperazine rings is 1. The van der Waals surface area contributed by atoms with Crippen molar-refractivity contribution in [1.82, 2.24) is 19.5 Å². The third-order valence-corrected chi connectivity index (χ3v) is 5.82. The molecule has 3 rings (SSSR count). The van der Waals surface area contributed by atoms with Crippen LogP contribution in [0.25, 0.3) is 0 Å². The number of aromatic nitrogens is 2. The Morgan fingerprint density at radius 2 is 1.78 bits per heavy atom. The fraction of sp³-hybridized carbons (Fsp3) is 0.429. The van der Waals surface area contributed by atoms with Crippen LogP contribution in [-0.4, -0.2) is 54.1 Å². The monoisotopic (exact) mass is 340 g/mol. The van der Waals surface area contributed by atoms with Gasteiger partial charge in [0.05, 0.1) is 4.90 Å². The molecule has 0 spiro atoms. The zero-order valence-corrected chi connectivity index (χ0v) is 13.5. The van der Waals surface area contributed by atoms with E-state index in [0.29, 0.717) is 32.7 Å². The van der Waals surface area contributed by atoms with E-state index in [1.54, 1.807) is 0 Å². The van der Waals surface area contributed by atoms with Crippen molar-refractivity contribution in [2.75, 3.05) is 26.2 Å². The molecule has 1 aromatic carbocycles. The van der Waals surface area contributed by atoms with Gasteiger partial charge in [0.2, 0.25) is 10.0 Å². The summed E-state index contributed by atoms with van der Waals surface area (Å²) in [7, 11) is -3.58. The normalized spacial score (nSPS) is 17.5. The van der Waals surface area contributed by atoms with E-state index in [2.05, 4.69) is 19.8 Å². The predicted molar refractivity (Wildman–Crippen MR) is 79.5 cm³/mol. The summed E-state index contributed by atoms with van der Waals surface area (Å²) in [5, 5.41) is 7.57. The number of halogens is 1. The Kier molecular flexibility index (Phi) is 4.42. The lowest BCUT2D eigenvalue weighted by atomic mass is 10.3. The van der Waals surface area contributed by atoms with E-state index < -0.39 is 15.8 Å². The molecule has 0 N–H and O–H groups in total. The van der Waals surface area contributed by atoms with Gasteiger partial charge in [-0.25, -0.2) is 17.4 Å². The molecule has 0 amide bonds. The first-order valence-corrected chi connectivity index (χ1v) is 8.67. The van der Waals surface area contributed by atoms with Crippen molar-refractivity contribution in [3.63, 3.8) is 0 Å². The van der Waals surface area contributed by atoms with E-state index >= 15 is 0 Å². The standard InChI is InChI=1S/C14H17FN4O3S/c1-11-14(17-22-16-11)10-18-6-8-19(9-7-18)23(20,21)13-4-2-12(15)3-5-13/h2-5H,6-10H2,1H3. The number of rotatable bonds is 4. The zero-order valence-electron chi connectivity index (χ0n) is 12.6. The molecule has 23 heavy (non-hydrogen) atoms. The minimum Gasteiger partial charge on any atom is -0.295 e. The van der Waals surface area contributed by atoms with Crippen molar-refractivity contribution in [3.8, 4) is 0 Å². The third kappa shape index (κ3) is 3.41. The van der Waals surface area contributed by atoms with E-state index in [1.165, 1.54) is 16.4 Å². The quantitative estimate of drug-likeness (QED) is 0.827. The van der Waals surface area contributed by atoms with Crippen LogP contribution in [-0.2, 0) is 16.6 Å². The Morgan fingerprint density at radius 1 is 1.13 bits per heavy atom. The molecule has 1 saturated heterocycles. The SMILES string of the molecule is Cc1nonc1CN1CCN(S(=O)(=O)c2ccc(F)cc2)CC1. The van der Waals surface area contributed by atoms with Gasteiger partial charge in [0, 0.05) is 32.7 Å². The molecule has 124 valence electrons. The van der Waals surface area contributed by atoms with Crippen LogP contribution in [0.15, 0.2) is 33.8 Å². The van der Waals surface area contributed by atoms with Crippen molar-refractivity contribution < 1.29 is 17.4 Å². The van der Waals surface area contributed by atoms with Gasteiger partial charge in [-0.3, -0.25) is 4.90 Å². The van der Waals surface area contributed by atoms with E-state index in [-0.39, 0.29) is 4.90 Å². The Labute approximate surface area is 133 Å². The average molecular weight is 340 g/mol. The summed E-state index contributed by atoms with van der Waals surface area (Å²) in [6.45, 7) is 4.34. The van der Waals surface area contributed by atoms with Crippen LogP contribution in [0, 0.1) is 12.7 Å². The molecule has 0 bridgehead atoms. The van der Waals surface area contributed by atoms with Gasteiger partial charge in [-0.2, -0.15) is 4.31 Å². The van der Waals surface area contributed by atoms with Crippen molar-refractivity contribution in [2.45, 2.75) is 18.4 Å². The van der Waals surface area contributed by atoms with Crippen LogP contribution in [0.3, 0.4) is 0 Å². The minimum atomic E-state index is -3.58. The van der Waals surface area contributed by atoms with Crippen molar-refractivity contribution in [3.05, 3.63) is 41.5 Å². The van der Waals surface area contributed by atoms with E-state index in [1.807, 2.05) is 6.92 Å². The van der Waals surface area contributed by atoms with Crippen LogP contribution in [0.5, 0.6) is 0 Å². The molecule has 1 fully saturated rings. The highest BCUT2D eigenvalue weighted by molar-refractivity contribution is 7.89. The van der Waals surface area contributed by atoms with Gasteiger partial charge in [0.15, 0.2) is 0 Å². The van der Waals surface area contributed by atoms with Crippen molar-refractivity contribution >= 4 is 10.0 Å². The molecule has 2 aromatic rings. The summed E-state index contributed by atoms with van der Waals surface area (Å²) in [5.74, 6) is -0.453. The highest BCUT2D eigenvalue weighted by atomic mass is 32.2. The Balaban J connectivity index is 1.64. The topological polar surface area (TPSA) is 79.5 Å². The molecule has 2 heterocycles. The lowest BCUT2D eigenvalue weighted by Crippen LogP contribution is -2.48. The molecule has 9 heteroatoms. The lowest BCUT2D eigenvalue weighted by Gasteiger charge is -2.33. The smallest absolute Gasteiger partial charge is 0.243 e. The summed E-state index contributed by atoms with van der Waals surface area (Å²) in [4.78, 5) is 2.22. The van der Waals surface area contributed by atoms with E-state index in [9.17, 15) is 12.8 Å². The summed E-state index contributed by atoms with van der Waals surface area (Å²) >= 11 is 0. The molecular weight excluding hydrogens is 323 g/mol. The Hall–Kier alpha value is -1.84. The van der Waals surface area contributed by atoms with Gasteiger partial charge >= 0.3 is 0 Å².